The first-order valence-corrected chi connectivity index (χ1v) is 15.4. The molecule has 226 valence electrons. The largest absolute Gasteiger partial charge is 0.460 e. The van der Waals surface area contributed by atoms with Gasteiger partial charge in [-0.05, 0) is 36.2 Å². The lowest BCUT2D eigenvalue weighted by molar-refractivity contribution is -0.138. The predicted molar refractivity (Wildman–Crippen MR) is 164 cm³/mol. The Bertz CT molecular complexity index is 1080. The molecule has 0 aliphatic heterocycles. The summed E-state index contributed by atoms with van der Waals surface area (Å²) in [6, 6.07) is 13.1. The van der Waals surface area contributed by atoms with Gasteiger partial charge in [-0.3, -0.25) is 0 Å². The zero-order valence-corrected chi connectivity index (χ0v) is 25.1. The Balaban J connectivity index is 1.76. The van der Waals surface area contributed by atoms with Crippen molar-refractivity contribution in [1.82, 2.24) is 5.32 Å². The van der Waals surface area contributed by atoms with Crippen molar-refractivity contribution in [2.75, 3.05) is 13.2 Å². The fraction of sp³-hybridized carbons (Fsp3) is 0.559. The van der Waals surface area contributed by atoms with Crippen molar-refractivity contribution in [2.24, 2.45) is 0 Å². The second kappa shape index (κ2) is 20.5. The topological polar surface area (TPSA) is 90.9 Å². The molecule has 0 aliphatic rings. The van der Waals surface area contributed by atoms with Gasteiger partial charge in [-0.15, -0.1) is 0 Å². The van der Waals surface area contributed by atoms with E-state index in [1.807, 2.05) is 30.3 Å². The van der Waals surface area contributed by atoms with Gasteiger partial charge < -0.3 is 19.5 Å². The Hall–Kier alpha value is -3.35. The fourth-order valence-electron chi connectivity index (χ4n) is 4.56. The zero-order chi connectivity index (χ0) is 29.7. The molecule has 7 nitrogen and oxygen atoms in total. The molecule has 0 radical (unpaired) electrons. The molecule has 0 saturated carbocycles. The molecule has 2 rings (SSSR count). The molecule has 1 N–H and O–H groups in total. The minimum atomic E-state index is -1.01. The van der Waals surface area contributed by atoms with Crippen molar-refractivity contribution in [3.63, 3.8) is 0 Å². The normalized spacial score (nSPS) is 11.6. The molecule has 0 spiro atoms. The Morgan fingerprint density at radius 2 is 1.37 bits per heavy atom. The van der Waals surface area contributed by atoms with Crippen LogP contribution in [0.25, 0.3) is 10.8 Å². The van der Waals surface area contributed by atoms with Crippen molar-refractivity contribution >= 4 is 28.8 Å². The highest BCUT2D eigenvalue weighted by Crippen LogP contribution is 2.19. The van der Waals surface area contributed by atoms with Crippen molar-refractivity contribution in [1.29, 1.82) is 0 Å². The second-order valence-corrected chi connectivity index (χ2v) is 10.7. The molecule has 7 heteroatoms. The first-order chi connectivity index (χ1) is 19.9. The number of carbonyl (C=O) groups excluding carboxylic acids is 3. The third-order valence-corrected chi connectivity index (χ3v) is 6.96. The number of alkyl carbamates (subject to hydrolysis) is 1. The Morgan fingerprint density at radius 3 is 1.98 bits per heavy atom. The fourth-order valence-corrected chi connectivity index (χ4v) is 4.56. The SMILES string of the molecule is C=C(C)C(=O)OCCNC(=O)OC(CCCCCCCCCCCCCCC)OC(=O)c1ccc2ccccc2c1. The summed E-state index contributed by atoms with van der Waals surface area (Å²) in [6.45, 7) is 7.37. The van der Waals surface area contributed by atoms with Gasteiger partial charge in [0, 0.05) is 12.0 Å². The summed E-state index contributed by atoms with van der Waals surface area (Å²) in [5.74, 6) is -1.07. The maximum absolute atomic E-state index is 12.9. The highest BCUT2D eigenvalue weighted by atomic mass is 16.7. The number of nitrogens with one attached hydrogen (secondary N) is 1. The number of unbranched alkanes of at least 4 members (excludes halogenated alkanes) is 12. The van der Waals surface area contributed by atoms with Gasteiger partial charge in [0.25, 0.3) is 0 Å². The monoisotopic (exact) mass is 567 g/mol. The molecule has 0 fully saturated rings. The minimum absolute atomic E-state index is 0.0127. The predicted octanol–water partition coefficient (Wildman–Crippen LogP) is 8.65. The van der Waals surface area contributed by atoms with Gasteiger partial charge in [-0.2, -0.15) is 0 Å². The number of hydrogen-bond donors (Lipinski definition) is 1. The summed E-state index contributed by atoms with van der Waals surface area (Å²) < 4.78 is 16.0. The lowest BCUT2D eigenvalue weighted by Gasteiger charge is -2.19. The molecular weight excluding hydrogens is 518 g/mol. The molecule has 1 unspecified atom stereocenters. The number of hydrogen-bond acceptors (Lipinski definition) is 6. The van der Waals surface area contributed by atoms with E-state index in [-0.39, 0.29) is 18.7 Å². The van der Waals surface area contributed by atoms with Crippen molar-refractivity contribution in [3.05, 3.63) is 60.2 Å². The van der Waals surface area contributed by atoms with Crippen LogP contribution in [0, 0.1) is 0 Å². The van der Waals surface area contributed by atoms with E-state index in [9.17, 15) is 14.4 Å². The zero-order valence-electron chi connectivity index (χ0n) is 25.1. The third kappa shape index (κ3) is 14.7. The first-order valence-electron chi connectivity index (χ1n) is 15.4. The molecule has 0 aromatic heterocycles. The van der Waals surface area contributed by atoms with Crippen LogP contribution in [-0.2, 0) is 19.0 Å². The van der Waals surface area contributed by atoms with Crippen molar-refractivity contribution < 1.29 is 28.6 Å². The van der Waals surface area contributed by atoms with Crippen molar-refractivity contribution in [2.45, 2.75) is 110 Å². The van der Waals surface area contributed by atoms with E-state index in [0.717, 1.165) is 30.0 Å². The van der Waals surface area contributed by atoms with E-state index in [1.54, 1.807) is 19.1 Å². The molecule has 0 heterocycles. The summed E-state index contributed by atoms with van der Waals surface area (Å²) in [5, 5.41) is 4.49. The van der Waals surface area contributed by atoms with Crippen LogP contribution in [0.1, 0.15) is 114 Å². The van der Waals surface area contributed by atoms with Crippen LogP contribution in [0.3, 0.4) is 0 Å². The minimum Gasteiger partial charge on any atom is -0.460 e. The van der Waals surface area contributed by atoms with E-state index in [0.29, 0.717) is 12.0 Å². The molecule has 1 atom stereocenters. The van der Waals surface area contributed by atoms with Gasteiger partial charge in [-0.1, -0.05) is 121 Å². The highest BCUT2D eigenvalue weighted by Gasteiger charge is 2.20. The molecule has 0 bridgehead atoms. The first kappa shape index (κ1) is 33.9. The van der Waals surface area contributed by atoms with Gasteiger partial charge in [0.05, 0.1) is 12.1 Å². The van der Waals surface area contributed by atoms with Crippen LogP contribution in [-0.4, -0.2) is 37.5 Å². The lowest BCUT2D eigenvalue weighted by Crippen LogP contribution is -2.34. The lowest BCUT2D eigenvalue weighted by atomic mass is 10.0. The van der Waals surface area contributed by atoms with E-state index in [2.05, 4.69) is 18.8 Å². The van der Waals surface area contributed by atoms with Gasteiger partial charge in [0.15, 0.2) is 0 Å². The van der Waals surface area contributed by atoms with Crippen molar-refractivity contribution in [3.8, 4) is 0 Å². The molecule has 1 amide bonds. The van der Waals surface area contributed by atoms with Crippen LogP contribution >= 0.6 is 0 Å². The second-order valence-electron chi connectivity index (χ2n) is 10.7. The standard InChI is InChI=1S/C34H49NO6/c1-4-5-6-7-8-9-10-11-12-13-14-15-16-21-31(41-34(38)35-24-25-39-32(36)27(2)3)40-33(37)30-23-22-28-19-17-18-20-29(28)26-30/h17-20,22-23,26,31H,2,4-16,21,24-25H2,1,3H3,(H,35,38). The number of carbonyl (C=O) groups is 3. The highest BCUT2D eigenvalue weighted by molar-refractivity contribution is 5.95. The summed E-state index contributed by atoms with van der Waals surface area (Å²) in [7, 11) is 0. The van der Waals surface area contributed by atoms with Crippen LogP contribution in [0.5, 0.6) is 0 Å². The van der Waals surface area contributed by atoms with Crippen LogP contribution < -0.4 is 5.32 Å². The van der Waals surface area contributed by atoms with Crippen LogP contribution in [0.2, 0.25) is 0 Å². The van der Waals surface area contributed by atoms with Gasteiger partial charge in [0.2, 0.25) is 6.29 Å². The maximum Gasteiger partial charge on any atom is 0.410 e. The average Bonchev–Trinajstić information content (AvgIpc) is 2.97. The van der Waals surface area contributed by atoms with E-state index in [1.165, 1.54) is 64.2 Å². The van der Waals surface area contributed by atoms with Crippen LogP contribution in [0.4, 0.5) is 4.79 Å². The number of ether oxygens (including phenoxy) is 3. The maximum atomic E-state index is 12.9. The summed E-state index contributed by atoms with van der Waals surface area (Å²) in [4.78, 5) is 36.8. The van der Waals surface area contributed by atoms with Gasteiger partial charge >= 0.3 is 18.0 Å². The molecule has 0 saturated heterocycles. The molecule has 2 aromatic rings. The van der Waals surface area contributed by atoms with Gasteiger partial charge in [0.1, 0.15) is 6.61 Å². The summed E-state index contributed by atoms with van der Waals surface area (Å²) in [5.41, 5.74) is 0.681. The van der Waals surface area contributed by atoms with Gasteiger partial charge in [-0.25, -0.2) is 14.4 Å². The quantitative estimate of drug-likeness (QED) is 0.0702. The Morgan fingerprint density at radius 1 is 0.780 bits per heavy atom. The number of benzene rings is 2. The van der Waals surface area contributed by atoms with E-state index in [4.69, 9.17) is 14.2 Å². The molecule has 41 heavy (non-hydrogen) atoms. The number of esters is 2. The Kier molecular flexibility index (Phi) is 16.9. The molecular formula is C34H49NO6. The Labute approximate surface area is 246 Å². The summed E-state index contributed by atoms with van der Waals surface area (Å²) >= 11 is 0. The van der Waals surface area contributed by atoms with E-state index >= 15 is 0 Å². The number of rotatable bonds is 21. The smallest absolute Gasteiger partial charge is 0.410 e. The third-order valence-electron chi connectivity index (χ3n) is 6.96. The summed E-state index contributed by atoms with van der Waals surface area (Å²) in [6.07, 6.45) is 14.6. The number of amides is 1. The van der Waals surface area contributed by atoms with E-state index < -0.39 is 24.3 Å². The molecule has 2 aromatic carbocycles. The molecule has 0 aliphatic carbocycles. The average molecular weight is 568 g/mol. The number of fused-ring (bicyclic) bond motifs is 1. The van der Waals surface area contributed by atoms with Crippen LogP contribution in [0.15, 0.2) is 54.6 Å².